The van der Waals surface area contributed by atoms with Gasteiger partial charge in [0.15, 0.2) is 11.5 Å². The summed E-state index contributed by atoms with van der Waals surface area (Å²) >= 11 is 0. The summed E-state index contributed by atoms with van der Waals surface area (Å²) in [6.45, 7) is 3.44. The van der Waals surface area contributed by atoms with Crippen LogP contribution >= 0.6 is 7.82 Å². The van der Waals surface area contributed by atoms with E-state index >= 15 is 0 Å². The van der Waals surface area contributed by atoms with Crippen molar-refractivity contribution in [1.29, 1.82) is 0 Å². The number of rotatable bonds is 18. The van der Waals surface area contributed by atoms with E-state index in [2.05, 4.69) is 6.92 Å². The monoisotopic (exact) mass is 493 g/mol. The SMILES string of the molecule is CCCCCOc1ccccc1OCCCCOP(=O)(O)OC(CC(=O)O)C[N+](C)(C)C.[OH-]. The fraction of sp³-hybridized carbons (Fsp3) is 0.682. The van der Waals surface area contributed by atoms with Gasteiger partial charge in [-0.2, -0.15) is 0 Å². The van der Waals surface area contributed by atoms with Gasteiger partial charge in [0.25, 0.3) is 0 Å². The predicted molar refractivity (Wildman–Crippen MR) is 124 cm³/mol. The molecule has 192 valence electrons. The molecule has 0 aliphatic carbocycles. The summed E-state index contributed by atoms with van der Waals surface area (Å²) in [5, 5.41) is 9.01. The summed E-state index contributed by atoms with van der Waals surface area (Å²) in [6, 6.07) is 7.48. The van der Waals surface area contributed by atoms with E-state index in [0.717, 1.165) is 19.3 Å². The van der Waals surface area contributed by atoms with E-state index in [-0.39, 0.29) is 25.0 Å². The summed E-state index contributed by atoms with van der Waals surface area (Å²) < 4.78 is 34.3. The number of benzene rings is 1. The summed E-state index contributed by atoms with van der Waals surface area (Å²) in [7, 11) is 1.17. The molecule has 11 heteroatoms. The molecule has 2 unspecified atom stereocenters. The van der Waals surface area contributed by atoms with Gasteiger partial charge in [-0.15, -0.1) is 0 Å². The van der Waals surface area contributed by atoms with E-state index in [1.807, 2.05) is 45.4 Å². The maximum absolute atomic E-state index is 12.2. The first-order valence-corrected chi connectivity index (χ1v) is 12.5. The Bertz CT molecular complexity index is 724. The van der Waals surface area contributed by atoms with Crippen LogP contribution < -0.4 is 9.47 Å². The van der Waals surface area contributed by atoms with Gasteiger partial charge in [0.05, 0.1) is 47.4 Å². The minimum atomic E-state index is -4.36. The minimum Gasteiger partial charge on any atom is -0.870 e. The standard InChI is InChI=1S/C22H38NO8P.H2O/c1-5-6-9-14-28-20-12-7-8-13-21(20)29-15-10-11-16-30-32(26,27)31-19(17-22(24)25)18-23(2,3)4;/h7-8,12-13,19H,5-6,9-11,14-18H2,1-4H3,(H-,24,25,26,27);1H2. The molecule has 10 nitrogen and oxygen atoms in total. The van der Waals surface area contributed by atoms with E-state index in [9.17, 15) is 14.3 Å². The predicted octanol–water partition coefficient (Wildman–Crippen LogP) is 3.92. The number of likely N-dealkylation sites (N-methyl/N-ethyl adjacent to an activating group) is 1. The molecule has 0 radical (unpaired) electrons. The van der Waals surface area contributed by atoms with Crippen LogP contribution in [0.25, 0.3) is 0 Å². The van der Waals surface area contributed by atoms with Gasteiger partial charge in [-0.25, -0.2) is 4.57 Å². The Morgan fingerprint density at radius 2 is 1.52 bits per heavy atom. The molecule has 0 heterocycles. The number of carbonyl (C=O) groups is 1. The molecule has 1 aromatic rings. The fourth-order valence-electron chi connectivity index (χ4n) is 2.95. The Morgan fingerprint density at radius 1 is 1.00 bits per heavy atom. The van der Waals surface area contributed by atoms with Crippen LogP contribution in [0.5, 0.6) is 11.5 Å². The number of unbranched alkanes of at least 4 members (excludes halogenated alkanes) is 3. The highest BCUT2D eigenvalue weighted by atomic mass is 31.2. The van der Waals surface area contributed by atoms with Crippen LogP contribution in [-0.4, -0.2) is 79.5 Å². The third-order valence-corrected chi connectivity index (χ3v) is 5.41. The molecule has 33 heavy (non-hydrogen) atoms. The molecule has 0 saturated heterocycles. The normalized spacial score (nSPS) is 14.1. The lowest BCUT2D eigenvalue weighted by atomic mass is 10.2. The topological polar surface area (TPSA) is 142 Å². The molecule has 0 aromatic heterocycles. The zero-order valence-corrected chi connectivity index (χ0v) is 21.0. The fourth-order valence-corrected chi connectivity index (χ4v) is 3.89. The third kappa shape index (κ3) is 15.7. The number of phosphoric ester groups is 1. The molecule has 2 atom stereocenters. The van der Waals surface area contributed by atoms with Gasteiger partial charge < -0.3 is 29.4 Å². The van der Waals surface area contributed by atoms with E-state index in [1.54, 1.807) is 0 Å². The lowest BCUT2D eigenvalue weighted by Crippen LogP contribution is -2.42. The first-order chi connectivity index (χ1) is 15.0. The van der Waals surface area contributed by atoms with Crippen LogP contribution in [0.4, 0.5) is 0 Å². The quantitative estimate of drug-likeness (QED) is 0.177. The number of nitrogens with zero attached hydrogens (tertiary/aromatic N) is 1. The number of carboxylic acid groups (broad SMARTS) is 1. The molecule has 0 saturated carbocycles. The van der Waals surface area contributed by atoms with Gasteiger partial charge in [-0.1, -0.05) is 31.9 Å². The average molecular weight is 494 g/mol. The molecule has 1 rings (SSSR count). The zero-order valence-electron chi connectivity index (χ0n) is 20.1. The largest absolute Gasteiger partial charge is 0.870 e. The van der Waals surface area contributed by atoms with E-state index < -0.39 is 19.9 Å². The first-order valence-electron chi connectivity index (χ1n) is 11.0. The number of hydrogen-bond acceptors (Lipinski definition) is 7. The Hall–Kier alpha value is -1.68. The van der Waals surface area contributed by atoms with Gasteiger partial charge in [0.2, 0.25) is 0 Å². The Labute approximate surface area is 196 Å². The van der Waals surface area contributed by atoms with Crippen LogP contribution in [0.1, 0.15) is 45.4 Å². The van der Waals surface area contributed by atoms with Crippen LogP contribution in [0.15, 0.2) is 24.3 Å². The minimum absolute atomic E-state index is 0. The van der Waals surface area contributed by atoms with Crippen LogP contribution in [0, 0.1) is 0 Å². The number of phosphoric acid groups is 1. The average Bonchev–Trinajstić information content (AvgIpc) is 2.66. The van der Waals surface area contributed by atoms with Crippen LogP contribution in [0.3, 0.4) is 0 Å². The molecular formula is C22H40NO9P. The van der Waals surface area contributed by atoms with E-state index in [1.165, 1.54) is 0 Å². The van der Waals surface area contributed by atoms with Crippen molar-refractivity contribution in [3.8, 4) is 11.5 Å². The van der Waals surface area contributed by atoms with Crippen molar-refractivity contribution in [2.45, 2.75) is 51.6 Å². The van der Waals surface area contributed by atoms with Crippen molar-refractivity contribution in [2.75, 3.05) is 47.5 Å². The molecule has 0 bridgehead atoms. The number of carboxylic acids is 1. The lowest BCUT2D eigenvalue weighted by Gasteiger charge is -2.29. The molecule has 3 N–H and O–H groups in total. The van der Waals surface area contributed by atoms with Crippen molar-refractivity contribution in [1.82, 2.24) is 0 Å². The summed E-state index contributed by atoms with van der Waals surface area (Å²) in [4.78, 5) is 21.0. The number of quaternary nitrogens is 1. The number of hydrogen-bond donors (Lipinski definition) is 2. The summed E-state index contributed by atoms with van der Waals surface area (Å²) in [6.07, 6.45) is 3.01. The first kappa shape index (κ1) is 31.3. The van der Waals surface area contributed by atoms with Crippen molar-refractivity contribution >= 4 is 13.8 Å². The third-order valence-electron chi connectivity index (χ3n) is 4.34. The summed E-state index contributed by atoms with van der Waals surface area (Å²) in [5.74, 6) is 0.267. The highest BCUT2D eigenvalue weighted by Gasteiger charge is 2.31. The van der Waals surface area contributed by atoms with Crippen molar-refractivity contribution < 1.29 is 47.8 Å². The maximum Gasteiger partial charge on any atom is 0.472 e. The Kier molecular flexibility index (Phi) is 15.2. The molecule has 0 amide bonds. The molecule has 1 aromatic carbocycles. The molecule has 0 aliphatic rings. The van der Waals surface area contributed by atoms with Gasteiger partial charge in [0, 0.05) is 0 Å². The number of para-hydroxylation sites is 2. The van der Waals surface area contributed by atoms with Crippen LogP contribution in [-0.2, 0) is 18.4 Å². The van der Waals surface area contributed by atoms with Crippen molar-refractivity contribution in [3.05, 3.63) is 24.3 Å². The van der Waals surface area contributed by atoms with E-state index in [0.29, 0.717) is 42.0 Å². The highest BCUT2D eigenvalue weighted by Crippen LogP contribution is 2.45. The lowest BCUT2D eigenvalue weighted by molar-refractivity contribution is -0.873. The van der Waals surface area contributed by atoms with Gasteiger partial charge in [0.1, 0.15) is 12.6 Å². The van der Waals surface area contributed by atoms with E-state index in [4.69, 9.17) is 23.6 Å². The van der Waals surface area contributed by atoms with Gasteiger partial charge >= 0.3 is 13.8 Å². The Balaban J connectivity index is 0.0000102. The highest BCUT2D eigenvalue weighted by molar-refractivity contribution is 7.47. The van der Waals surface area contributed by atoms with Crippen LogP contribution in [0.2, 0.25) is 0 Å². The summed E-state index contributed by atoms with van der Waals surface area (Å²) in [5.41, 5.74) is 0. The molecule has 0 aliphatic heterocycles. The maximum atomic E-state index is 12.2. The Morgan fingerprint density at radius 3 is 2.00 bits per heavy atom. The van der Waals surface area contributed by atoms with Gasteiger partial charge in [-0.05, 0) is 31.4 Å². The molecule has 0 spiro atoms. The molecule has 0 fully saturated rings. The van der Waals surface area contributed by atoms with Crippen molar-refractivity contribution in [3.63, 3.8) is 0 Å². The molecular weight excluding hydrogens is 453 g/mol. The van der Waals surface area contributed by atoms with Gasteiger partial charge in [-0.3, -0.25) is 13.8 Å². The number of ether oxygens (including phenoxy) is 2. The second-order valence-corrected chi connectivity index (χ2v) is 10.1. The smallest absolute Gasteiger partial charge is 0.472 e. The zero-order chi connectivity index (χ0) is 24.0. The number of aliphatic carboxylic acids is 1. The van der Waals surface area contributed by atoms with Crippen molar-refractivity contribution in [2.24, 2.45) is 0 Å². The second kappa shape index (κ2) is 16.0. The second-order valence-electron chi connectivity index (χ2n) is 8.66.